The Morgan fingerprint density at radius 3 is 2.71 bits per heavy atom. The van der Waals surface area contributed by atoms with Gasteiger partial charge in [-0.25, -0.2) is 0 Å². The smallest absolute Gasteiger partial charge is 0.0203 e. The average Bonchev–Trinajstić information content (AvgIpc) is 2.25. The van der Waals surface area contributed by atoms with Crippen molar-refractivity contribution in [3.8, 4) is 0 Å². The van der Waals surface area contributed by atoms with Crippen molar-refractivity contribution in [1.29, 1.82) is 0 Å². The van der Waals surface area contributed by atoms with Crippen LogP contribution in [0.3, 0.4) is 0 Å². The molecule has 14 heavy (non-hydrogen) atoms. The van der Waals surface area contributed by atoms with Crippen LogP contribution < -0.4 is 0 Å². The first-order chi connectivity index (χ1) is 6.93. The molecule has 0 unspecified atom stereocenters. The van der Waals surface area contributed by atoms with Gasteiger partial charge in [0.1, 0.15) is 0 Å². The van der Waals surface area contributed by atoms with E-state index in [0.717, 1.165) is 6.42 Å². The molecule has 0 amide bonds. The van der Waals surface area contributed by atoms with Gasteiger partial charge in [-0.3, -0.25) is 0 Å². The molecule has 1 aromatic rings. The van der Waals surface area contributed by atoms with Crippen molar-refractivity contribution in [3.05, 3.63) is 59.9 Å². The van der Waals surface area contributed by atoms with Crippen LogP contribution in [0.15, 0.2) is 54.3 Å². The van der Waals surface area contributed by atoms with Crippen molar-refractivity contribution in [2.24, 2.45) is 0 Å². The van der Waals surface area contributed by atoms with E-state index in [1.54, 1.807) is 0 Å². The molecule has 0 bridgehead atoms. The minimum absolute atomic E-state index is 1.11. The number of allylic oxidation sites excluding steroid dienone is 2. The van der Waals surface area contributed by atoms with Crippen LogP contribution >= 0.6 is 0 Å². The summed E-state index contributed by atoms with van der Waals surface area (Å²) >= 11 is 0. The van der Waals surface area contributed by atoms with Gasteiger partial charge in [0.15, 0.2) is 0 Å². The van der Waals surface area contributed by atoms with Crippen molar-refractivity contribution in [3.63, 3.8) is 0 Å². The van der Waals surface area contributed by atoms with E-state index in [9.17, 15) is 0 Å². The third-order valence-electron chi connectivity index (χ3n) is 1.83. The lowest BCUT2D eigenvalue weighted by atomic mass is 10.2. The first kappa shape index (κ1) is 10.6. The molecule has 1 rings (SSSR count). The van der Waals surface area contributed by atoms with Gasteiger partial charge < -0.3 is 0 Å². The summed E-state index contributed by atoms with van der Waals surface area (Å²) in [4.78, 5) is 0. The zero-order chi connectivity index (χ0) is 10.1. The Bertz CT molecular complexity index is 324. The second-order valence-electron chi connectivity index (χ2n) is 3.10. The maximum absolute atomic E-state index is 3.12. The number of rotatable bonds is 4. The summed E-state index contributed by atoms with van der Waals surface area (Å²) in [5, 5.41) is 0. The van der Waals surface area contributed by atoms with Crippen molar-refractivity contribution in [2.75, 3.05) is 0 Å². The van der Waals surface area contributed by atoms with Gasteiger partial charge in [0, 0.05) is 0 Å². The predicted molar refractivity (Wildman–Crippen MR) is 63.0 cm³/mol. The number of benzene rings is 1. The summed E-state index contributed by atoms with van der Waals surface area (Å²) in [7, 11) is 0. The van der Waals surface area contributed by atoms with E-state index in [1.165, 1.54) is 12.0 Å². The van der Waals surface area contributed by atoms with Gasteiger partial charge in [0.05, 0.1) is 0 Å². The quantitative estimate of drug-likeness (QED) is 0.485. The Balaban J connectivity index is 2.45. The normalized spacial score (nSPS) is 9.79. The average molecular weight is 184 g/mol. The second-order valence-corrected chi connectivity index (χ2v) is 3.10. The van der Waals surface area contributed by atoms with Crippen molar-refractivity contribution >= 4 is 6.08 Å². The molecule has 0 N–H and O–H groups in total. The Morgan fingerprint density at radius 1 is 1.21 bits per heavy atom. The topological polar surface area (TPSA) is 0 Å². The second kappa shape index (κ2) is 6.94. The van der Waals surface area contributed by atoms with E-state index in [4.69, 9.17) is 0 Å². The van der Waals surface area contributed by atoms with Gasteiger partial charge in [0.2, 0.25) is 0 Å². The molecule has 0 aliphatic carbocycles. The minimum Gasteiger partial charge on any atom is -0.125 e. The van der Waals surface area contributed by atoms with E-state index in [2.05, 4.69) is 36.9 Å². The molecule has 1 aromatic carbocycles. The standard InChI is InChI=1S/C14H16/c1-2-3-4-5-6-8-11-14-12-9-7-10-13-14/h4,6-13H,2-3H2,1H3. The SMILES string of the molecule is CCCC=C=CC=Cc1ccccc1. The van der Waals surface area contributed by atoms with Crippen molar-refractivity contribution < 1.29 is 0 Å². The fraction of sp³-hybridized carbons (Fsp3) is 0.214. The lowest BCUT2D eigenvalue weighted by molar-refractivity contribution is 0.960. The van der Waals surface area contributed by atoms with Crippen LogP contribution in [0.25, 0.3) is 6.08 Å². The molecule has 0 radical (unpaired) electrons. The third kappa shape index (κ3) is 4.49. The number of hydrogen-bond acceptors (Lipinski definition) is 0. The summed E-state index contributed by atoms with van der Waals surface area (Å²) in [5.41, 5.74) is 4.34. The Hall–Kier alpha value is -1.52. The van der Waals surface area contributed by atoms with Crippen LogP contribution in [-0.2, 0) is 0 Å². The molecule has 0 aliphatic heterocycles. The molecule has 0 fully saturated rings. The van der Waals surface area contributed by atoms with Crippen LogP contribution in [0.1, 0.15) is 25.3 Å². The predicted octanol–water partition coefficient (Wildman–Crippen LogP) is 4.21. The molecule has 0 saturated carbocycles. The van der Waals surface area contributed by atoms with Gasteiger partial charge in [0.25, 0.3) is 0 Å². The fourth-order valence-electron chi connectivity index (χ4n) is 1.07. The lowest BCUT2D eigenvalue weighted by Gasteiger charge is -1.87. The van der Waals surface area contributed by atoms with Crippen molar-refractivity contribution in [2.45, 2.75) is 19.8 Å². The van der Waals surface area contributed by atoms with Gasteiger partial charge in [-0.15, -0.1) is 5.73 Å². The zero-order valence-electron chi connectivity index (χ0n) is 8.61. The maximum atomic E-state index is 3.12. The molecule has 0 aromatic heterocycles. The number of unbranched alkanes of at least 4 members (excludes halogenated alkanes) is 1. The van der Waals surface area contributed by atoms with E-state index < -0.39 is 0 Å². The Morgan fingerprint density at radius 2 is 2.00 bits per heavy atom. The molecule has 72 valence electrons. The third-order valence-corrected chi connectivity index (χ3v) is 1.83. The molecule has 0 heteroatoms. The molecule has 0 atom stereocenters. The van der Waals surface area contributed by atoms with Crippen LogP contribution in [0.5, 0.6) is 0 Å². The molecule has 0 saturated heterocycles. The van der Waals surface area contributed by atoms with E-state index in [0.29, 0.717) is 0 Å². The van der Waals surface area contributed by atoms with Crippen molar-refractivity contribution in [1.82, 2.24) is 0 Å². The van der Waals surface area contributed by atoms with Crippen LogP contribution in [0.2, 0.25) is 0 Å². The van der Waals surface area contributed by atoms with Gasteiger partial charge in [-0.05, 0) is 24.1 Å². The highest BCUT2D eigenvalue weighted by Crippen LogP contribution is 2.00. The first-order valence-corrected chi connectivity index (χ1v) is 5.06. The molecular formula is C14H16. The first-order valence-electron chi connectivity index (χ1n) is 5.06. The Kier molecular flexibility index (Phi) is 5.23. The highest BCUT2D eigenvalue weighted by Gasteiger charge is 1.78. The fourth-order valence-corrected chi connectivity index (χ4v) is 1.07. The molecule has 0 spiro atoms. The summed E-state index contributed by atoms with van der Waals surface area (Å²) in [6.45, 7) is 2.16. The Labute approximate surface area is 86.3 Å². The molecule has 0 nitrogen and oxygen atoms in total. The zero-order valence-corrected chi connectivity index (χ0v) is 8.61. The van der Waals surface area contributed by atoms with Gasteiger partial charge in [-0.1, -0.05) is 55.8 Å². The van der Waals surface area contributed by atoms with Crippen LogP contribution in [0.4, 0.5) is 0 Å². The maximum Gasteiger partial charge on any atom is -0.0203 e. The monoisotopic (exact) mass is 184 g/mol. The largest absolute Gasteiger partial charge is 0.125 e. The summed E-state index contributed by atoms with van der Waals surface area (Å²) in [5.74, 6) is 0. The van der Waals surface area contributed by atoms with E-state index >= 15 is 0 Å². The van der Waals surface area contributed by atoms with E-state index in [1.807, 2.05) is 30.4 Å². The van der Waals surface area contributed by atoms with Gasteiger partial charge in [-0.2, -0.15) is 0 Å². The highest BCUT2D eigenvalue weighted by atomic mass is 13.8. The van der Waals surface area contributed by atoms with Crippen LogP contribution in [0, 0.1) is 0 Å². The summed E-state index contributed by atoms with van der Waals surface area (Å²) in [6, 6.07) is 10.3. The highest BCUT2D eigenvalue weighted by molar-refractivity contribution is 5.50. The lowest BCUT2D eigenvalue weighted by Crippen LogP contribution is -1.66. The molecule has 0 aliphatic rings. The minimum atomic E-state index is 1.11. The summed E-state index contributed by atoms with van der Waals surface area (Å²) < 4.78 is 0. The summed E-state index contributed by atoms with van der Waals surface area (Å²) in [6.07, 6.45) is 10.4. The number of hydrogen-bond donors (Lipinski definition) is 0. The molecular weight excluding hydrogens is 168 g/mol. The molecule has 0 heterocycles. The van der Waals surface area contributed by atoms with E-state index in [-0.39, 0.29) is 0 Å². The van der Waals surface area contributed by atoms with Gasteiger partial charge >= 0.3 is 0 Å². The van der Waals surface area contributed by atoms with Crippen LogP contribution in [-0.4, -0.2) is 0 Å².